The van der Waals surface area contributed by atoms with Gasteiger partial charge in [0.25, 0.3) is 0 Å². The lowest BCUT2D eigenvalue weighted by Crippen LogP contribution is -2.23. The van der Waals surface area contributed by atoms with Gasteiger partial charge >= 0.3 is 0 Å². The monoisotopic (exact) mass is 236 g/mol. The molecule has 0 aromatic heterocycles. The molecule has 1 aromatic carbocycles. The molecule has 0 spiro atoms. The number of rotatable bonds is 2. The molecule has 18 heavy (non-hydrogen) atoms. The molecule has 0 saturated carbocycles. The highest BCUT2D eigenvalue weighted by molar-refractivity contribution is 5.70. The van der Waals surface area contributed by atoms with Crippen molar-refractivity contribution < 1.29 is 0 Å². The Kier molecular flexibility index (Phi) is 3.34. The van der Waals surface area contributed by atoms with Crippen molar-refractivity contribution in [3.63, 3.8) is 0 Å². The molecule has 2 rings (SSSR count). The molecule has 0 unspecified atom stereocenters. The molecule has 0 N–H and O–H groups in total. The Labute approximate surface area is 108 Å². The number of nitriles is 1. The van der Waals surface area contributed by atoms with E-state index in [1.807, 2.05) is 24.3 Å². The van der Waals surface area contributed by atoms with Crippen molar-refractivity contribution in [1.29, 1.82) is 5.26 Å². The van der Waals surface area contributed by atoms with Gasteiger partial charge in [-0.2, -0.15) is 5.26 Å². The topological polar surface area (TPSA) is 27.0 Å². The third kappa shape index (κ3) is 2.08. The predicted molar refractivity (Wildman–Crippen MR) is 74.4 cm³/mol. The van der Waals surface area contributed by atoms with E-state index in [2.05, 4.69) is 43.5 Å². The first-order valence-electron chi connectivity index (χ1n) is 6.03. The SMILES string of the molecule is C=C1C(C)=CC=C(c2ccc(C#N)cc2)N1CC. The first-order chi connectivity index (χ1) is 8.67. The second kappa shape index (κ2) is 4.93. The molecule has 1 aromatic rings. The van der Waals surface area contributed by atoms with E-state index in [0.29, 0.717) is 5.56 Å². The Morgan fingerprint density at radius 3 is 2.44 bits per heavy atom. The van der Waals surface area contributed by atoms with Crippen LogP contribution in [0.25, 0.3) is 5.70 Å². The highest BCUT2D eigenvalue weighted by atomic mass is 15.1. The van der Waals surface area contributed by atoms with Gasteiger partial charge in [0.1, 0.15) is 0 Å². The lowest BCUT2D eigenvalue weighted by molar-refractivity contribution is 0.522. The van der Waals surface area contributed by atoms with Crippen LogP contribution in [-0.4, -0.2) is 11.4 Å². The van der Waals surface area contributed by atoms with E-state index >= 15 is 0 Å². The number of hydrogen-bond acceptors (Lipinski definition) is 2. The summed E-state index contributed by atoms with van der Waals surface area (Å²) in [6.07, 6.45) is 4.19. The van der Waals surface area contributed by atoms with Gasteiger partial charge in [0.15, 0.2) is 0 Å². The molecule has 0 aliphatic carbocycles. The van der Waals surface area contributed by atoms with Crippen molar-refractivity contribution in [1.82, 2.24) is 4.90 Å². The van der Waals surface area contributed by atoms with Crippen LogP contribution in [0.15, 0.2) is 54.3 Å². The molecule has 0 atom stereocenters. The predicted octanol–water partition coefficient (Wildman–Crippen LogP) is 3.69. The summed E-state index contributed by atoms with van der Waals surface area (Å²) < 4.78 is 0. The van der Waals surface area contributed by atoms with E-state index in [9.17, 15) is 0 Å². The first kappa shape index (κ1) is 12.2. The standard InChI is InChI=1S/C16H16N2/c1-4-18-13(3)12(2)5-10-16(18)15-8-6-14(11-17)7-9-15/h5-10H,3-4H2,1-2H3. The van der Waals surface area contributed by atoms with Gasteiger partial charge in [0.2, 0.25) is 0 Å². The summed E-state index contributed by atoms with van der Waals surface area (Å²) in [6, 6.07) is 9.79. The Bertz CT molecular complexity index is 568. The fourth-order valence-electron chi connectivity index (χ4n) is 2.08. The second-order valence-electron chi connectivity index (χ2n) is 4.28. The number of hydrogen-bond donors (Lipinski definition) is 0. The summed E-state index contributed by atoms with van der Waals surface area (Å²) in [5.74, 6) is 0. The van der Waals surface area contributed by atoms with Crippen molar-refractivity contribution in [2.45, 2.75) is 13.8 Å². The zero-order chi connectivity index (χ0) is 13.1. The van der Waals surface area contributed by atoms with E-state index in [-0.39, 0.29) is 0 Å². The summed E-state index contributed by atoms with van der Waals surface area (Å²) in [4.78, 5) is 2.19. The minimum atomic E-state index is 0.684. The van der Waals surface area contributed by atoms with E-state index in [4.69, 9.17) is 5.26 Å². The smallest absolute Gasteiger partial charge is 0.0991 e. The van der Waals surface area contributed by atoms with E-state index in [1.54, 1.807) is 0 Å². The van der Waals surface area contributed by atoms with Crippen LogP contribution in [0.5, 0.6) is 0 Å². The minimum absolute atomic E-state index is 0.684. The summed E-state index contributed by atoms with van der Waals surface area (Å²) in [7, 11) is 0. The second-order valence-corrected chi connectivity index (χ2v) is 4.28. The van der Waals surface area contributed by atoms with Gasteiger partial charge in [0.05, 0.1) is 11.6 Å². The molecule has 2 nitrogen and oxygen atoms in total. The summed E-state index contributed by atoms with van der Waals surface area (Å²) >= 11 is 0. The quantitative estimate of drug-likeness (QED) is 0.783. The molecule has 0 radical (unpaired) electrons. The van der Waals surface area contributed by atoms with Crippen LogP contribution in [0.3, 0.4) is 0 Å². The zero-order valence-corrected chi connectivity index (χ0v) is 10.8. The maximum atomic E-state index is 8.82. The van der Waals surface area contributed by atoms with Crippen LogP contribution in [0.4, 0.5) is 0 Å². The summed E-state index contributed by atoms with van der Waals surface area (Å²) in [5, 5.41) is 8.82. The van der Waals surface area contributed by atoms with E-state index in [0.717, 1.165) is 23.5 Å². The van der Waals surface area contributed by atoms with Crippen molar-refractivity contribution >= 4 is 5.70 Å². The van der Waals surface area contributed by atoms with Gasteiger partial charge < -0.3 is 4.90 Å². The lowest BCUT2D eigenvalue weighted by Gasteiger charge is -2.31. The van der Waals surface area contributed by atoms with Gasteiger partial charge in [-0.3, -0.25) is 0 Å². The van der Waals surface area contributed by atoms with Gasteiger partial charge in [-0.1, -0.05) is 24.8 Å². The molecule has 0 amide bonds. The van der Waals surface area contributed by atoms with E-state index in [1.165, 1.54) is 5.57 Å². The van der Waals surface area contributed by atoms with Gasteiger partial charge in [-0.25, -0.2) is 0 Å². The Morgan fingerprint density at radius 1 is 1.22 bits per heavy atom. The summed E-state index contributed by atoms with van der Waals surface area (Å²) in [5.41, 5.74) is 5.16. The fraction of sp³-hybridized carbons (Fsp3) is 0.188. The van der Waals surface area contributed by atoms with Gasteiger partial charge in [0, 0.05) is 17.9 Å². The van der Waals surface area contributed by atoms with Crippen LogP contribution in [-0.2, 0) is 0 Å². The highest BCUT2D eigenvalue weighted by Crippen LogP contribution is 2.30. The van der Waals surface area contributed by atoms with Crippen LogP contribution < -0.4 is 0 Å². The minimum Gasteiger partial charge on any atom is -0.342 e. The molecular weight excluding hydrogens is 220 g/mol. The van der Waals surface area contributed by atoms with Gasteiger partial charge in [-0.15, -0.1) is 0 Å². The molecule has 1 aliphatic heterocycles. The third-order valence-corrected chi connectivity index (χ3v) is 3.19. The number of nitrogens with zero attached hydrogens (tertiary/aromatic N) is 2. The van der Waals surface area contributed by atoms with Crippen LogP contribution >= 0.6 is 0 Å². The number of allylic oxidation sites excluding steroid dienone is 3. The Hall–Kier alpha value is -2.27. The fourth-order valence-corrected chi connectivity index (χ4v) is 2.08. The summed E-state index contributed by atoms with van der Waals surface area (Å²) in [6.45, 7) is 9.19. The maximum absolute atomic E-state index is 8.82. The zero-order valence-electron chi connectivity index (χ0n) is 10.8. The average Bonchev–Trinajstić information content (AvgIpc) is 2.42. The number of benzene rings is 1. The molecule has 1 heterocycles. The maximum Gasteiger partial charge on any atom is 0.0991 e. The molecule has 0 bridgehead atoms. The molecule has 0 fully saturated rings. The first-order valence-corrected chi connectivity index (χ1v) is 6.03. The third-order valence-electron chi connectivity index (χ3n) is 3.19. The van der Waals surface area contributed by atoms with Crippen molar-refractivity contribution in [3.8, 4) is 6.07 Å². The van der Waals surface area contributed by atoms with Crippen LogP contribution in [0.2, 0.25) is 0 Å². The van der Waals surface area contributed by atoms with Gasteiger partial charge in [-0.05, 0) is 43.2 Å². The largest absolute Gasteiger partial charge is 0.342 e. The molecule has 2 heteroatoms. The molecule has 0 saturated heterocycles. The highest BCUT2D eigenvalue weighted by Gasteiger charge is 2.17. The molecule has 1 aliphatic rings. The van der Waals surface area contributed by atoms with Crippen molar-refractivity contribution in [2.75, 3.05) is 6.54 Å². The average molecular weight is 236 g/mol. The van der Waals surface area contributed by atoms with Crippen molar-refractivity contribution in [3.05, 3.63) is 65.4 Å². The van der Waals surface area contributed by atoms with Crippen LogP contribution in [0.1, 0.15) is 25.0 Å². The Morgan fingerprint density at radius 2 is 1.89 bits per heavy atom. The molecule has 90 valence electrons. The van der Waals surface area contributed by atoms with E-state index < -0.39 is 0 Å². The Balaban J connectivity index is 2.42. The number of likely N-dealkylation sites (N-methyl/N-ethyl adjacent to an activating group) is 1. The lowest BCUT2D eigenvalue weighted by atomic mass is 10.0. The van der Waals surface area contributed by atoms with Crippen molar-refractivity contribution in [2.24, 2.45) is 0 Å². The molecular formula is C16H16N2. The normalized spacial score (nSPS) is 14.9. The van der Waals surface area contributed by atoms with Crippen LogP contribution in [0, 0.1) is 11.3 Å².